The number of amides is 1. The summed E-state index contributed by atoms with van der Waals surface area (Å²) < 4.78 is 0. The van der Waals surface area contributed by atoms with Crippen molar-refractivity contribution in [1.82, 2.24) is 0 Å². The molecule has 0 radical (unpaired) electrons. The Labute approximate surface area is 147 Å². The molecule has 0 saturated carbocycles. The number of rotatable bonds is 1. The molecule has 0 aliphatic heterocycles. The minimum absolute atomic E-state index is 0. The van der Waals surface area contributed by atoms with Crippen LogP contribution in [-0.2, 0) is 0 Å². The molecule has 0 aliphatic carbocycles. The molecule has 0 spiro atoms. The summed E-state index contributed by atoms with van der Waals surface area (Å²) in [4.78, 5) is 9.93. The summed E-state index contributed by atoms with van der Waals surface area (Å²) in [6.07, 6.45) is -1.32. The van der Waals surface area contributed by atoms with Crippen molar-refractivity contribution in [2.45, 2.75) is 41.5 Å². The maximum absolute atomic E-state index is 9.93. The summed E-state index contributed by atoms with van der Waals surface area (Å²) in [6, 6.07) is 9.34. The molecule has 4 heteroatoms. The minimum atomic E-state index is -1.32. The van der Waals surface area contributed by atoms with Gasteiger partial charge in [0, 0.05) is 0 Å². The number of carbonyl (C=O) groups is 1. The fourth-order valence-electron chi connectivity index (χ4n) is 0.581. The topological polar surface area (TPSA) is 52.2 Å². The number of benzene rings is 1. The second kappa shape index (κ2) is 15.8. The summed E-state index contributed by atoms with van der Waals surface area (Å²) in [7, 11) is 0. The van der Waals surface area contributed by atoms with Crippen molar-refractivity contribution < 1.29 is 9.90 Å². The molecule has 1 aromatic rings. The Morgan fingerprint density at radius 2 is 1.53 bits per heavy atom. The maximum atomic E-state index is 9.93. The van der Waals surface area contributed by atoms with Gasteiger partial charge in [0.05, 0.1) is 0 Å². The quantitative estimate of drug-likeness (QED) is 0.638. The summed E-state index contributed by atoms with van der Waals surface area (Å²) in [5.74, 6) is 2.83. The van der Waals surface area contributed by atoms with Crippen LogP contribution in [0.15, 0.2) is 24.3 Å². The summed E-state index contributed by atoms with van der Waals surface area (Å²) >= 11 is 0. The van der Waals surface area contributed by atoms with Crippen LogP contribution in [0.1, 0.15) is 41.5 Å². The second-order valence-electron chi connectivity index (χ2n) is 4.69. The van der Waals surface area contributed by atoms with E-state index >= 15 is 0 Å². The van der Waals surface area contributed by atoms with Gasteiger partial charge < -0.3 is 27.1 Å². The summed E-state index contributed by atoms with van der Waals surface area (Å²) in [6.45, 7) is 12.5. The van der Waals surface area contributed by atoms with E-state index < -0.39 is 6.09 Å². The first-order valence-electron chi connectivity index (χ1n) is 5.74. The zero-order valence-corrected chi connectivity index (χ0v) is 15.0. The van der Waals surface area contributed by atoms with E-state index in [1.807, 2.05) is 0 Å². The molecule has 1 N–H and O–H groups in total. The first kappa shape index (κ1) is 23.8. The van der Waals surface area contributed by atoms with Gasteiger partial charge in [0.2, 0.25) is 0 Å². The van der Waals surface area contributed by atoms with Gasteiger partial charge in [-0.25, -0.2) is 0 Å². The van der Waals surface area contributed by atoms with Crippen molar-refractivity contribution in [1.29, 1.82) is 0 Å². The fourth-order valence-corrected chi connectivity index (χ4v) is 0.581. The standard InChI is InChI=1S/C7H6NO2.2C4H9.Ca/c9-7(10)8-6-4-2-1-3-5-6;2*1-4(2)3;/h1-4,8H,(H,9,10);2*1-3H3;/q3*-1;+2/p-1. The Kier molecular flexibility index (Phi) is 19.8. The Morgan fingerprint density at radius 3 is 1.79 bits per heavy atom. The van der Waals surface area contributed by atoms with Crippen molar-refractivity contribution in [2.75, 3.05) is 5.32 Å². The van der Waals surface area contributed by atoms with E-state index in [0.29, 0.717) is 5.69 Å². The van der Waals surface area contributed by atoms with Gasteiger partial charge >= 0.3 is 37.7 Å². The van der Waals surface area contributed by atoms with Gasteiger partial charge in [-0.05, 0) is 0 Å². The average Bonchev–Trinajstić information content (AvgIpc) is 2.16. The molecule has 1 amide bonds. The van der Waals surface area contributed by atoms with Crippen LogP contribution in [0.25, 0.3) is 0 Å². The third-order valence-corrected chi connectivity index (χ3v) is 0.946. The zero-order chi connectivity index (χ0) is 14.6. The van der Waals surface area contributed by atoms with E-state index in [-0.39, 0.29) is 37.7 Å². The molecule has 0 aromatic heterocycles. The van der Waals surface area contributed by atoms with E-state index in [2.05, 4.69) is 52.9 Å². The number of hydrogen-bond donors (Lipinski definition) is 1. The van der Waals surface area contributed by atoms with Crippen LogP contribution in [0, 0.1) is 17.9 Å². The van der Waals surface area contributed by atoms with E-state index in [1.165, 1.54) is 11.8 Å². The number of para-hydroxylation sites is 1. The molecular formula is C15H23CaNO2-2. The zero-order valence-electron chi connectivity index (χ0n) is 12.8. The normalized spacial score (nSPS) is 8.42. The molecule has 19 heavy (non-hydrogen) atoms. The molecule has 1 rings (SSSR count). The van der Waals surface area contributed by atoms with Gasteiger partial charge in [0.15, 0.2) is 0 Å². The molecule has 0 unspecified atom stereocenters. The van der Waals surface area contributed by atoms with Crippen LogP contribution in [0.4, 0.5) is 10.5 Å². The van der Waals surface area contributed by atoms with E-state index in [0.717, 1.165) is 0 Å². The number of carbonyl (C=O) groups excluding carboxylic acids is 1. The number of nitrogens with one attached hydrogen (secondary N) is 1. The van der Waals surface area contributed by atoms with Crippen molar-refractivity contribution >= 4 is 49.5 Å². The van der Waals surface area contributed by atoms with Gasteiger partial charge in [0.1, 0.15) is 6.09 Å². The molecular weight excluding hydrogens is 266 g/mol. The van der Waals surface area contributed by atoms with Gasteiger partial charge in [-0.15, -0.1) is 6.07 Å². The number of carboxylic acid groups (broad SMARTS) is 1. The Bertz CT molecular complexity index is 289. The molecule has 0 aliphatic rings. The molecule has 0 atom stereocenters. The Morgan fingerprint density at radius 1 is 1.11 bits per heavy atom. The monoisotopic (exact) mass is 289 g/mol. The van der Waals surface area contributed by atoms with Crippen LogP contribution in [0.5, 0.6) is 0 Å². The Balaban J connectivity index is -0.000000242. The van der Waals surface area contributed by atoms with Crippen molar-refractivity contribution in [3.63, 3.8) is 0 Å². The van der Waals surface area contributed by atoms with Gasteiger partial charge in [0.25, 0.3) is 0 Å². The number of anilines is 1. The van der Waals surface area contributed by atoms with Crippen LogP contribution >= 0.6 is 0 Å². The largest absolute Gasteiger partial charge is 2.00 e. The second-order valence-corrected chi connectivity index (χ2v) is 4.69. The molecule has 0 heterocycles. The fraction of sp³-hybridized carbons (Fsp3) is 0.400. The third kappa shape index (κ3) is 31.9. The predicted molar refractivity (Wildman–Crippen MR) is 80.6 cm³/mol. The molecule has 0 fully saturated rings. The summed E-state index contributed by atoms with van der Waals surface area (Å²) in [5, 5.41) is 12.0. The van der Waals surface area contributed by atoms with Crippen molar-refractivity contribution in [2.24, 2.45) is 0 Å². The Hall–Kier alpha value is -0.250. The summed E-state index contributed by atoms with van der Waals surface area (Å²) in [5.41, 5.74) is 0.405. The molecule has 1 aromatic carbocycles. The molecule has 0 bridgehead atoms. The first-order chi connectivity index (χ1) is 8.25. The van der Waals surface area contributed by atoms with Gasteiger partial charge in [-0.2, -0.15) is 65.8 Å². The van der Waals surface area contributed by atoms with E-state index in [4.69, 9.17) is 0 Å². The third-order valence-electron chi connectivity index (χ3n) is 0.946. The van der Waals surface area contributed by atoms with E-state index in [9.17, 15) is 9.90 Å². The van der Waals surface area contributed by atoms with Gasteiger partial charge in [-0.1, -0.05) is 5.69 Å². The molecule has 3 nitrogen and oxygen atoms in total. The van der Waals surface area contributed by atoms with Crippen LogP contribution in [0.2, 0.25) is 0 Å². The van der Waals surface area contributed by atoms with Crippen LogP contribution in [0.3, 0.4) is 0 Å². The first-order valence-corrected chi connectivity index (χ1v) is 5.74. The van der Waals surface area contributed by atoms with Crippen molar-refractivity contribution in [3.05, 3.63) is 42.2 Å². The van der Waals surface area contributed by atoms with Crippen molar-refractivity contribution in [3.8, 4) is 0 Å². The smallest absolute Gasteiger partial charge is 0.530 e. The minimum Gasteiger partial charge on any atom is -0.530 e. The molecule has 0 saturated heterocycles. The van der Waals surface area contributed by atoms with E-state index in [1.54, 1.807) is 24.3 Å². The molecule has 104 valence electrons. The van der Waals surface area contributed by atoms with Gasteiger partial charge in [-0.3, -0.25) is 0 Å². The van der Waals surface area contributed by atoms with Crippen LogP contribution < -0.4 is 10.4 Å². The predicted octanol–water partition coefficient (Wildman–Crippen LogP) is 3.10. The SMILES string of the molecule is C[C-](C)C.C[C-](C)C.O=C([O-])Nc1[c-]cccc1.[Ca+2]. The maximum Gasteiger partial charge on any atom is 2.00 e. The average molecular weight is 289 g/mol. The number of hydrogen-bond acceptors (Lipinski definition) is 2. The van der Waals surface area contributed by atoms with Crippen LogP contribution in [-0.4, -0.2) is 43.8 Å².